The van der Waals surface area contributed by atoms with Crippen LogP contribution in [0.4, 0.5) is 10.2 Å². The number of morpholine rings is 1. The standard InChI is InChI=1S/C14H20FN3O2/c1-4-16-13-12(5-11(15)6-17-13)14(19)18-7-9(2)20-10(3)8-18/h5-6,9-10H,4,7-8H2,1-3H3,(H,16,17). The molecule has 1 N–H and O–H groups in total. The maximum atomic E-state index is 13.4. The van der Waals surface area contributed by atoms with Gasteiger partial charge in [-0.25, -0.2) is 9.37 Å². The Labute approximate surface area is 118 Å². The van der Waals surface area contributed by atoms with Crippen LogP contribution in [-0.4, -0.2) is 47.6 Å². The predicted octanol–water partition coefficient (Wildman–Crippen LogP) is 1.90. The van der Waals surface area contributed by atoms with Gasteiger partial charge >= 0.3 is 0 Å². The van der Waals surface area contributed by atoms with E-state index in [0.717, 1.165) is 6.20 Å². The quantitative estimate of drug-likeness (QED) is 0.919. The Kier molecular flexibility index (Phi) is 4.54. The highest BCUT2D eigenvalue weighted by Crippen LogP contribution is 2.19. The molecule has 20 heavy (non-hydrogen) atoms. The molecule has 1 aliphatic rings. The van der Waals surface area contributed by atoms with Gasteiger partial charge in [-0.05, 0) is 26.8 Å². The number of hydrogen-bond acceptors (Lipinski definition) is 4. The predicted molar refractivity (Wildman–Crippen MR) is 74.3 cm³/mol. The number of pyridine rings is 1. The zero-order valence-corrected chi connectivity index (χ0v) is 12.0. The van der Waals surface area contributed by atoms with Crippen LogP contribution in [-0.2, 0) is 4.74 Å². The summed E-state index contributed by atoms with van der Waals surface area (Å²) in [5.74, 6) is -0.301. The molecule has 1 amide bonds. The summed E-state index contributed by atoms with van der Waals surface area (Å²) in [6.07, 6.45) is 1.07. The molecule has 1 fully saturated rings. The molecule has 0 bridgehead atoms. The topological polar surface area (TPSA) is 54.5 Å². The number of nitrogens with zero attached hydrogens (tertiary/aromatic N) is 2. The molecule has 6 heteroatoms. The van der Waals surface area contributed by atoms with Gasteiger partial charge < -0.3 is 15.0 Å². The van der Waals surface area contributed by atoms with Gasteiger partial charge in [0.05, 0.1) is 24.0 Å². The zero-order chi connectivity index (χ0) is 14.7. The minimum Gasteiger partial charge on any atom is -0.372 e. The van der Waals surface area contributed by atoms with Crippen LogP contribution >= 0.6 is 0 Å². The number of rotatable bonds is 3. The molecule has 0 saturated carbocycles. The van der Waals surface area contributed by atoms with Crippen molar-refractivity contribution >= 4 is 11.7 Å². The lowest BCUT2D eigenvalue weighted by molar-refractivity contribution is -0.0586. The average molecular weight is 281 g/mol. The molecule has 0 aliphatic carbocycles. The molecule has 1 aliphatic heterocycles. The summed E-state index contributed by atoms with van der Waals surface area (Å²) >= 11 is 0. The molecule has 1 saturated heterocycles. The first-order valence-electron chi connectivity index (χ1n) is 6.85. The molecule has 0 aromatic carbocycles. The second-order valence-electron chi connectivity index (χ2n) is 5.05. The summed E-state index contributed by atoms with van der Waals surface area (Å²) < 4.78 is 19.0. The van der Waals surface area contributed by atoms with Crippen LogP contribution < -0.4 is 5.32 Å². The fourth-order valence-corrected chi connectivity index (χ4v) is 2.42. The van der Waals surface area contributed by atoms with E-state index in [4.69, 9.17) is 4.74 Å². The molecule has 5 nitrogen and oxygen atoms in total. The molecule has 0 spiro atoms. The fraction of sp³-hybridized carbons (Fsp3) is 0.571. The summed E-state index contributed by atoms with van der Waals surface area (Å²) in [5.41, 5.74) is 0.271. The van der Waals surface area contributed by atoms with Crippen LogP contribution in [0.3, 0.4) is 0 Å². The van der Waals surface area contributed by atoms with E-state index in [1.807, 2.05) is 20.8 Å². The molecule has 2 unspecified atom stereocenters. The summed E-state index contributed by atoms with van der Waals surface area (Å²) in [4.78, 5) is 18.2. The molecule has 2 heterocycles. The third-order valence-electron chi connectivity index (χ3n) is 3.14. The molecule has 1 aromatic heterocycles. The number of carbonyl (C=O) groups excluding carboxylic acids is 1. The number of anilines is 1. The van der Waals surface area contributed by atoms with Gasteiger partial charge in [0.15, 0.2) is 0 Å². The smallest absolute Gasteiger partial charge is 0.257 e. The molecule has 2 atom stereocenters. The third kappa shape index (κ3) is 3.25. The van der Waals surface area contributed by atoms with Crippen molar-refractivity contribution in [2.75, 3.05) is 25.0 Å². The van der Waals surface area contributed by atoms with Crippen molar-refractivity contribution in [3.05, 3.63) is 23.6 Å². The van der Waals surface area contributed by atoms with Crippen molar-refractivity contribution in [2.24, 2.45) is 0 Å². The monoisotopic (exact) mass is 281 g/mol. The van der Waals surface area contributed by atoms with Gasteiger partial charge in [0, 0.05) is 19.6 Å². The molecule has 2 rings (SSSR count). The van der Waals surface area contributed by atoms with Crippen molar-refractivity contribution in [1.82, 2.24) is 9.88 Å². The van der Waals surface area contributed by atoms with E-state index in [1.165, 1.54) is 6.07 Å². The maximum Gasteiger partial charge on any atom is 0.257 e. The van der Waals surface area contributed by atoms with Gasteiger partial charge in [0.1, 0.15) is 11.6 Å². The second kappa shape index (κ2) is 6.17. The van der Waals surface area contributed by atoms with E-state index in [0.29, 0.717) is 25.5 Å². The molecular weight excluding hydrogens is 261 g/mol. The van der Waals surface area contributed by atoms with Crippen molar-refractivity contribution in [3.8, 4) is 0 Å². The molecular formula is C14H20FN3O2. The van der Waals surface area contributed by atoms with Gasteiger partial charge in [-0.2, -0.15) is 0 Å². The van der Waals surface area contributed by atoms with Crippen LogP contribution in [0.1, 0.15) is 31.1 Å². The summed E-state index contributed by atoms with van der Waals surface area (Å²) in [6, 6.07) is 1.23. The molecule has 110 valence electrons. The van der Waals surface area contributed by atoms with Gasteiger partial charge in [0.2, 0.25) is 0 Å². The Morgan fingerprint density at radius 2 is 2.15 bits per heavy atom. The summed E-state index contributed by atoms with van der Waals surface area (Å²) in [5, 5.41) is 2.99. The summed E-state index contributed by atoms with van der Waals surface area (Å²) in [6.45, 7) is 7.37. The van der Waals surface area contributed by atoms with Gasteiger partial charge in [0.25, 0.3) is 5.91 Å². The second-order valence-corrected chi connectivity index (χ2v) is 5.05. The molecule has 1 aromatic rings. The number of carbonyl (C=O) groups is 1. The first-order chi connectivity index (χ1) is 9.51. The van der Waals surface area contributed by atoms with E-state index >= 15 is 0 Å². The van der Waals surface area contributed by atoms with Crippen LogP contribution in [0.25, 0.3) is 0 Å². The third-order valence-corrected chi connectivity index (χ3v) is 3.14. The lowest BCUT2D eigenvalue weighted by Gasteiger charge is -2.35. The first-order valence-corrected chi connectivity index (χ1v) is 6.85. The lowest BCUT2D eigenvalue weighted by Crippen LogP contribution is -2.48. The lowest BCUT2D eigenvalue weighted by atomic mass is 10.1. The Morgan fingerprint density at radius 1 is 1.50 bits per heavy atom. The highest BCUT2D eigenvalue weighted by molar-refractivity contribution is 5.98. The number of hydrogen-bond donors (Lipinski definition) is 1. The van der Waals surface area contributed by atoms with Crippen molar-refractivity contribution in [1.29, 1.82) is 0 Å². The average Bonchev–Trinajstić information content (AvgIpc) is 2.39. The summed E-state index contributed by atoms with van der Waals surface area (Å²) in [7, 11) is 0. The highest BCUT2D eigenvalue weighted by Gasteiger charge is 2.28. The Balaban J connectivity index is 2.25. The van der Waals surface area contributed by atoms with Crippen LogP contribution in [0.2, 0.25) is 0 Å². The first kappa shape index (κ1) is 14.7. The largest absolute Gasteiger partial charge is 0.372 e. The van der Waals surface area contributed by atoms with Crippen molar-refractivity contribution in [3.63, 3.8) is 0 Å². The number of halogens is 1. The van der Waals surface area contributed by atoms with Gasteiger partial charge in [-0.3, -0.25) is 4.79 Å². The van der Waals surface area contributed by atoms with E-state index in [2.05, 4.69) is 10.3 Å². The number of nitrogens with one attached hydrogen (secondary N) is 1. The van der Waals surface area contributed by atoms with Gasteiger partial charge in [-0.1, -0.05) is 0 Å². The minimum absolute atomic E-state index is 0.0215. The van der Waals surface area contributed by atoms with E-state index in [1.54, 1.807) is 4.90 Å². The normalized spacial score (nSPS) is 22.7. The Hall–Kier alpha value is -1.69. The van der Waals surface area contributed by atoms with E-state index in [-0.39, 0.29) is 23.7 Å². The Morgan fingerprint density at radius 3 is 2.75 bits per heavy atom. The fourth-order valence-electron chi connectivity index (χ4n) is 2.42. The van der Waals surface area contributed by atoms with Crippen LogP contribution in [0.5, 0.6) is 0 Å². The number of amides is 1. The van der Waals surface area contributed by atoms with Crippen molar-refractivity contribution < 1.29 is 13.9 Å². The highest BCUT2D eigenvalue weighted by atomic mass is 19.1. The van der Waals surface area contributed by atoms with Crippen LogP contribution in [0, 0.1) is 5.82 Å². The minimum atomic E-state index is -0.510. The number of aromatic nitrogens is 1. The van der Waals surface area contributed by atoms with Crippen molar-refractivity contribution in [2.45, 2.75) is 33.0 Å². The zero-order valence-electron chi connectivity index (χ0n) is 12.0. The number of ether oxygens (including phenoxy) is 1. The molecule has 0 radical (unpaired) electrons. The van der Waals surface area contributed by atoms with Crippen LogP contribution in [0.15, 0.2) is 12.3 Å². The van der Waals surface area contributed by atoms with Gasteiger partial charge in [-0.15, -0.1) is 0 Å². The van der Waals surface area contributed by atoms with E-state index < -0.39 is 5.82 Å². The SMILES string of the molecule is CCNc1ncc(F)cc1C(=O)N1CC(C)OC(C)C1. The maximum absolute atomic E-state index is 13.4. The Bertz CT molecular complexity index is 485. The van der Waals surface area contributed by atoms with E-state index in [9.17, 15) is 9.18 Å².